The quantitative estimate of drug-likeness (QED) is 0.895. The van der Waals surface area contributed by atoms with Gasteiger partial charge in [-0.1, -0.05) is 6.07 Å². The maximum absolute atomic E-state index is 5.76. The van der Waals surface area contributed by atoms with Gasteiger partial charge in [-0.3, -0.25) is 0 Å². The van der Waals surface area contributed by atoms with E-state index >= 15 is 0 Å². The van der Waals surface area contributed by atoms with Gasteiger partial charge in [0.15, 0.2) is 0 Å². The Morgan fingerprint density at radius 1 is 1.25 bits per heavy atom. The first-order valence-electron chi connectivity index (χ1n) is 7.56. The number of ether oxygens (including phenoxy) is 1. The van der Waals surface area contributed by atoms with Crippen molar-refractivity contribution >= 4 is 5.69 Å². The minimum absolute atomic E-state index is 0.236. The van der Waals surface area contributed by atoms with Crippen molar-refractivity contribution in [1.29, 1.82) is 0 Å². The summed E-state index contributed by atoms with van der Waals surface area (Å²) < 4.78 is 5.76. The molecule has 0 aromatic heterocycles. The Balaban J connectivity index is 2.13. The second kappa shape index (κ2) is 6.59. The van der Waals surface area contributed by atoms with Crippen LogP contribution in [0.2, 0.25) is 0 Å². The summed E-state index contributed by atoms with van der Waals surface area (Å²) in [5, 5.41) is 3.35. The Hall–Kier alpha value is -1.06. The molecule has 2 rings (SSSR count). The van der Waals surface area contributed by atoms with E-state index in [1.807, 2.05) is 7.05 Å². The van der Waals surface area contributed by atoms with Gasteiger partial charge in [-0.2, -0.15) is 0 Å². The molecule has 1 saturated heterocycles. The van der Waals surface area contributed by atoms with Crippen molar-refractivity contribution in [3.8, 4) is 0 Å². The third-order valence-electron chi connectivity index (χ3n) is 4.18. The molecule has 20 heavy (non-hydrogen) atoms. The van der Waals surface area contributed by atoms with Gasteiger partial charge in [-0.15, -0.1) is 0 Å². The van der Waals surface area contributed by atoms with Crippen molar-refractivity contribution in [1.82, 2.24) is 5.32 Å². The van der Waals surface area contributed by atoms with E-state index in [4.69, 9.17) is 4.74 Å². The van der Waals surface area contributed by atoms with E-state index in [1.165, 1.54) is 29.7 Å². The molecular weight excluding hydrogens is 248 g/mol. The molecule has 1 N–H and O–H groups in total. The van der Waals surface area contributed by atoms with Gasteiger partial charge < -0.3 is 15.0 Å². The first kappa shape index (κ1) is 15.3. The monoisotopic (exact) mass is 276 g/mol. The minimum atomic E-state index is 0.236. The fourth-order valence-corrected chi connectivity index (χ4v) is 3.37. The highest BCUT2D eigenvalue weighted by atomic mass is 16.5. The molecule has 1 aliphatic heterocycles. The first-order valence-corrected chi connectivity index (χ1v) is 7.56. The zero-order valence-electron chi connectivity index (χ0n) is 13.3. The molecule has 3 heteroatoms. The van der Waals surface area contributed by atoms with Crippen LogP contribution >= 0.6 is 0 Å². The Labute approximate surface area is 123 Å². The predicted octanol–water partition coefficient (Wildman–Crippen LogP) is 2.76. The minimum Gasteiger partial charge on any atom is -0.381 e. The van der Waals surface area contributed by atoms with Gasteiger partial charge in [0.05, 0.1) is 6.61 Å². The van der Waals surface area contributed by atoms with Gasteiger partial charge >= 0.3 is 0 Å². The molecule has 1 fully saturated rings. The average molecular weight is 276 g/mol. The van der Waals surface area contributed by atoms with Crippen LogP contribution in [0, 0.1) is 19.3 Å². The average Bonchev–Trinajstić information content (AvgIpc) is 2.38. The summed E-state index contributed by atoms with van der Waals surface area (Å²) in [6.07, 6.45) is 2.41. The van der Waals surface area contributed by atoms with Gasteiger partial charge in [0, 0.05) is 37.8 Å². The Bertz CT molecular complexity index is 413. The molecule has 1 atom stereocenters. The largest absolute Gasteiger partial charge is 0.381 e. The highest BCUT2D eigenvalue weighted by Crippen LogP contribution is 2.30. The molecular formula is C17H28N2O. The van der Waals surface area contributed by atoms with E-state index in [-0.39, 0.29) is 5.41 Å². The SMILES string of the molecule is CNCC1(CN(C)c2cc(C)cc(C)c2)CCCOC1. The molecule has 0 saturated carbocycles. The van der Waals surface area contributed by atoms with E-state index < -0.39 is 0 Å². The molecule has 1 aromatic carbocycles. The van der Waals surface area contributed by atoms with Crippen molar-refractivity contribution in [2.75, 3.05) is 45.3 Å². The van der Waals surface area contributed by atoms with Crippen LogP contribution < -0.4 is 10.2 Å². The molecule has 0 bridgehead atoms. The second-order valence-corrected chi connectivity index (χ2v) is 6.39. The highest BCUT2D eigenvalue weighted by Gasteiger charge is 2.33. The van der Waals surface area contributed by atoms with Crippen LogP contribution in [0.4, 0.5) is 5.69 Å². The van der Waals surface area contributed by atoms with Crippen LogP contribution in [-0.2, 0) is 4.74 Å². The summed E-state index contributed by atoms with van der Waals surface area (Å²) in [5.41, 5.74) is 4.20. The predicted molar refractivity (Wildman–Crippen MR) is 85.6 cm³/mol. The number of nitrogens with zero attached hydrogens (tertiary/aromatic N) is 1. The molecule has 0 radical (unpaired) electrons. The number of benzene rings is 1. The summed E-state index contributed by atoms with van der Waals surface area (Å²) in [6, 6.07) is 6.76. The van der Waals surface area contributed by atoms with Crippen molar-refractivity contribution < 1.29 is 4.74 Å². The Kier molecular flexibility index (Phi) is 5.06. The van der Waals surface area contributed by atoms with Crippen LogP contribution in [0.25, 0.3) is 0 Å². The lowest BCUT2D eigenvalue weighted by atomic mass is 9.81. The van der Waals surface area contributed by atoms with Gasteiger partial charge in [0.1, 0.15) is 0 Å². The van der Waals surface area contributed by atoms with E-state index in [9.17, 15) is 0 Å². The fraction of sp³-hybridized carbons (Fsp3) is 0.647. The zero-order chi connectivity index (χ0) is 14.6. The second-order valence-electron chi connectivity index (χ2n) is 6.39. The third-order valence-corrected chi connectivity index (χ3v) is 4.18. The van der Waals surface area contributed by atoms with Crippen LogP contribution in [0.15, 0.2) is 18.2 Å². The van der Waals surface area contributed by atoms with Crippen LogP contribution in [0.5, 0.6) is 0 Å². The molecule has 0 amide bonds. The molecule has 1 aliphatic rings. The van der Waals surface area contributed by atoms with E-state index in [2.05, 4.69) is 49.3 Å². The smallest absolute Gasteiger partial charge is 0.0551 e. The maximum Gasteiger partial charge on any atom is 0.0551 e. The van der Waals surface area contributed by atoms with Crippen LogP contribution in [0.3, 0.4) is 0 Å². The van der Waals surface area contributed by atoms with Crippen LogP contribution in [0.1, 0.15) is 24.0 Å². The number of aryl methyl sites for hydroxylation is 2. The summed E-state index contributed by atoms with van der Waals surface area (Å²) in [4.78, 5) is 2.38. The molecule has 0 spiro atoms. The standard InChI is InChI=1S/C17H28N2O/c1-14-8-15(2)10-16(9-14)19(4)12-17(11-18-3)6-5-7-20-13-17/h8-10,18H,5-7,11-13H2,1-4H3. The first-order chi connectivity index (χ1) is 9.54. The van der Waals surface area contributed by atoms with Crippen molar-refractivity contribution in [3.63, 3.8) is 0 Å². The molecule has 3 nitrogen and oxygen atoms in total. The normalized spacial score (nSPS) is 22.8. The topological polar surface area (TPSA) is 24.5 Å². The van der Waals surface area contributed by atoms with Crippen LogP contribution in [-0.4, -0.2) is 40.4 Å². The summed E-state index contributed by atoms with van der Waals surface area (Å²) in [7, 11) is 4.23. The van der Waals surface area contributed by atoms with Crippen molar-refractivity contribution in [3.05, 3.63) is 29.3 Å². The summed E-state index contributed by atoms with van der Waals surface area (Å²) in [5.74, 6) is 0. The Morgan fingerprint density at radius 3 is 2.50 bits per heavy atom. The van der Waals surface area contributed by atoms with Gasteiger partial charge in [-0.05, 0) is 57.0 Å². The fourth-order valence-electron chi connectivity index (χ4n) is 3.37. The number of anilines is 1. The lowest BCUT2D eigenvalue weighted by Gasteiger charge is -2.40. The maximum atomic E-state index is 5.76. The van der Waals surface area contributed by atoms with Crippen molar-refractivity contribution in [2.45, 2.75) is 26.7 Å². The number of hydrogen-bond donors (Lipinski definition) is 1. The molecule has 0 aliphatic carbocycles. The number of rotatable bonds is 5. The zero-order valence-corrected chi connectivity index (χ0v) is 13.3. The molecule has 1 unspecified atom stereocenters. The van der Waals surface area contributed by atoms with E-state index in [0.29, 0.717) is 0 Å². The number of hydrogen-bond acceptors (Lipinski definition) is 3. The van der Waals surface area contributed by atoms with E-state index in [1.54, 1.807) is 0 Å². The highest BCUT2D eigenvalue weighted by molar-refractivity contribution is 5.50. The van der Waals surface area contributed by atoms with Gasteiger partial charge in [0.25, 0.3) is 0 Å². The molecule has 112 valence electrons. The summed E-state index contributed by atoms with van der Waals surface area (Å²) >= 11 is 0. The Morgan fingerprint density at radius 2 is 1.95 bits per heavy atom. The number of nitrogens with one attached hydrogen (secondary N) is 1. The van der Waals surface area contributed by atoms with Crippen molar-refractivity contribution in [2.24, 2.45) is 5.41 Å². The lowest BCUT2D eigenvalue weighted by molar-refractivity contribution is -0.00183. The van der Waals surface area contributed by atoms with Gasteiger partial charge in [-0.25, -0.2) is 0 Å². The molecule has 1 aromatic rings. The van der Waals surface area contributed by atoms with E-state index in [0.717, 1.165) is 26.3 Å². The van der Waals surface area contributed by atoms with Gasteiger partial charge in [0.2, 0.25) is 0 Å². The third kappa shape index (κ3) is 3.74. The molecule has 1 heterocycles. The lowest BCUT2D eigenvalue weighted by Crippen LogP contribution is -2.47. The summed E-state index contributed by atoms with van der Waals surface area (Å²) in [6.45, 7) is 8.16.